The lowest BCUT2D eigenvalue weighted by Gasteiger charge is -2.05. The van der Waals surface area contributed by atoms with Crippen molar-refractivity contribution in [1.82, 2.24) is 15.5 Å². The molecule has 1 aromatic rings. The Morgan fingerprint density at radius 2 is 1.86 bits per heavy atom. The maximum absolute atomic E-state index is 11.5. The molecule has 0 atom stereocenters. The highest BCUT2D eigenvalue weighted by Crippen LogP contribution is 2.28. The summed E-state index contributed by atoms with van der Waals surface area (Å²) < 4.78 is 6.46. The smallest absolute Gasteiger partial charge is 0.316 e. The lowest BCUT2D eigenvalue weighted by atomic mass is 10.5. The Bertz CT molecular complexity index is 466. The van der Waals surface area contributed by atoms with Gasteiger partial charge in [-0.1, -0.05) is 41.8 Å². The number of nitrogens with zero attached hydrogens (tertiary/aromatic N) is 2. The number of carbonyl (C=O) groups excluding carboxylic acids is 2. The number of hydrogen-bond donors (Lipinski definition) is 1. The largest absolute Gasteiger partial charge is 0.462 e. The number of thioether (sulfide) groups is 2. The van der Waals surface area contributed by atoms with Crippen molar-refractivity contribution in [1.29, 1.82) is 0 Å². The van der Waals surface area contributed by atoms with Crippen LogP contribution in [-0.4, -0.2) is 46.2 Å². The fourth-order valence-corrected chi connectivity index (χ4v) is 3.81. The van der Waals surface area contributed by atoms with Gasteiger partial charge in [0, 0.05) is 6.54 Å². The SMILES string of the molecule is CCCNC(=O)CSc1nnc(SCC(=O)OC(C)C)s1. The summed E-state index contributed by atoms with van der Waals surface area (Å²) in [5.41, 5.74) is 0. The predicted molar refractivity (Wildman–Crippen MR) is 85.9 cm³/mol. The van der Waals surface area contributed by atoms with Gasteiger partial charge in [-0.05, 0) is 20.3 Å². The number of amides is 1. The van der Waals surface area contributed by atoms with Gasteiger partial charge in [-0.15, -0.1) is 10.2 Å². The van der Waals surface area contributed by atoms with Gasteiger partial charge in [0.05, 0.1) is 17.6 Å². The Hall–Kier alpha value is -0.800. The fraction of sp³-hybridized carbons (Fsp3) is 0.667. The monoisotopic (exact) mass is 349 g/mol. The summed E-state index contributed by atoms with van der Waals surface area (Å²) in [5.74, 6) is 0.272. The van der Waals surface area contributed by atoms with Crippen molar-refractivity contribution in [2.75, 3.05) is 18.1 Å². The number of aromatic nitrogens is 2. The van der Waals surface area contributed by atoms with Crippen molar-refractivity contribution in [2.45, 2.75) is 42.0 Å². The number of ether oxygens (including phenoxy) is 1. The predicted octanol–water partition coefficient (Wildman–Crippen LogP) is 2.20. The molecule has 0 aromatic carbocycles. The first-order chi connectivity index (χ1) is 10.0. The molecule has 1 aromatic heterocycles. The van der Waals surface area contributed by atoms with Crippen LogP contribution in [0.1, 0.15) is 27.2 Å². The van der Waals surface area contributed by atoms with Crippen LogP contribution in [0.15, 0.2) is 8.68 Å². The van der Waals surface area contributed by atoms with Crippen LogP contribution in [0.5, 0.6) is 0 Å². The molecule has 0 bridgehead atoms. The number of hydrogen-bond acceptors (Lipinski definition) is 8. The molecular formula is C12H19N3O3S3. The zero-order valence-electron chi connectivity index (χ0n) is 12.2. The van der Waals surface area contributed by atoms with E-state index < -0.39 is 0 Å². The van der Waals surface area contributed by atoms with Gasteiger partial charge in [-0.2, -0.15) is 0 Å². The van der Waals surface area contributed by atoms with E-state index in [1.807, 2.05) is 20.8 Å². The van der Waals surface area contributed by atoms with Gasteiger partial charge in [0.1, 0.15) is 0 Å². The Labute approximate surface area is 136 Å². The molecule has 1 N–H and O–H groups in total. The van der Waals surface area contributed by atoms with Crippen molar-refractivity contribution in [3.63, 3.8) is 0 Å². The van der Waals surface area contributed by atoms with Gasteiger partial charge in [0.15, 0.2) is 8.68 Å². The van der Waals surface area contributed by atoms with E-state index in [2.05, 4.69) is 15.5 Å². The summed E-state index contributed by atoms with van der Waals surface area (Å²) in [6.45, 7) is 6.32. The molecule has 0 aliphatic carbocycles. The first kappa shape index (κ1) is 18.2. The average molecular weight is 350 g/mol. The molecule has 0 aliphatic heterocycles. The van der Waals surface area contributed by atoms with Crippen LogP contribution in [0.3, 0.4) is 0 Å². The van der Waals surface area contributed by atoms with Crippen LogP contribution in [0.2, 0.25) is 0 Å². The maximum atomic E-state index is 11.5. The molecule has 0 saturated carbocycles. The Balaban J connectivity index is 2.29. The molecular weight excluding hydrogens is 330 g/mol. The van der Waals surface area contributed by atoms with Crippen LogP contribution in [0.4, 0.5) is 0 Å². The van der Waals surface area contributed by atoms with Crippen molar-refractivity contribution in [3.8, 4) is 0 Å². The van der Waals surface area contributed by atoms with Gasteiger partial charge in [0.2, 0.25) is 5.91 Å². The minimum absolute atomic E-state index is 0.00763. The third-order valence-electron chi connectivity index (χ3n) is 1.97. The summed E-state index contributed by atoms with van der Waals surface area (Å²) in [4.78, 5) is 22.9. The van der Waals surface area contributed by atoms with Crippen LogP contribution >= 0.6 is 34.9 Å². The minimum Gasteiger partial charge on any atom is -0.462 e. The summed E-state index contributed by atoms with van der Waals surface area (Å²) in [7, 11) is 0. The van der Waals surface area contributed by atoms with Crippen molar-refractivity contribution in [3.05, 3.63) is 0 Å². The molecule has 118 valence electrons. The quantitative estimate of drug-likeness (QED) is 0.540. The van der Waals surface area contributed by atoms with Crippen LogP contribution in [-0.2, 0) is 14.3 Å². The number of nitrogens with one attached hydrogen (secondary N) is 1. The third kappa shape index (κ3) is 8.27. The molecule has 1 rings (SSSR count). The number of rotatable bonds is 9. The van der Waals surface area contributed by atoms with E-state index in [0.717, 1.165) is 10.8 Å². The van der Waals surface area contributed by atoms with E-state index in [9.17, 15) is 9.59 Å². The van der Waals surface area contributed by atoms with Crippen molar-refractivity contribution < 1.29 is 14.3 Å². The molecule has 0 unspecified atom stereocenters. The highest BCUT2D eigenvalue weighted by molar-refractivity contribution is 8.03. The Kier molecular flexibility index (Phi) is 8.70. The molecule has 6 nitrogen and oxygen atoms in total. The van der Waals surface area contributed by atoms with Gasteiger partial charge in [-0.3, -0.25) is 9.59 Å². The summed E-state index contributed by atoms with van der Waals surface area (Å²) in [5, 5.41) is 10.8. The molecule has 21 heavy (non-hydrogen) atoms. The van der Waals surface area contributed by atoms with Crippen LogP contribution in [0, 0.1) is 0 Å². The molecule has 0 fully saturated rings. The van der Waals surface area contributed by atoms with E-state index >= 15 is 0 Å². The minimum atomic E-state index is -0.265. The van der Waals surface area contributed by atoms with E-state index in [0.29, 0.717) is 16.6 Å². The van der Waals surface area contributed by atoms with E-state index in [4.69, 9.17) is 4.74 Å². The summed E-state index contributed by atoms with van der Waals surface area (Å²) in [6, 6.07) is 0. The topological polar surface area (TPSA) is 81.2 Å². The second-order valence-electron chi connectivity index (χ2n) is 4.30. The molecule has 0 spiro atoms. The number of carbonyl (C=O) groups is 2. The second kappa shape index (κ2) is 10.0. The third-order valence-corrected chi connectivity index (χ3v) is 5.13. The van der Waals surface area contributed by atoms with Gasteiger partial charge >= 0.3 is 5.97 Å². The molecule has 9 heteroatoms. The standard InChI is InChI=1S/C12H19N3O3S3/c1-4-5-13-9(16)6-19-11-14-15-12(21-11)20-7-10(17)18-8(2)3/h8H,4-7H2,1-3H3,(H,13,16). The highest BCUT2D eigenvalue weighted by Gasteiger charge is 2.11. The molecule has 0 aliphatic rings. The molecule has 1 heterocycles. The van der Waals surface area contributed by atoms with Crippen molar-refractivity contribution in [2.24, 2.45) is 0 Å². The zero-order chi connectivity index (χ0) is 15.7. The lowest BCUT2D eigenvalue weighted by Crippen LogP contribution is -2.25. The van der Waals surface area contributed by atoms with Gasteiger partial charge < -0.3 is 10.1 Å². The Morgan fingerprint density at radius 1 is 1.24 bits per heavy atom. The Morgan fingerprint density at radius 3 is 2.43 bits per heavy atom. The van der Waals surface area contributed by atoms with Crippen LogP contribution in [0.25, 0.3) is 0 Å². The molecule has 0 radical (unpaired) electrons. The average Bonchev–Trinajstić information content (AvgIpc) is 2.88. The summed E-state index contributed by atoms with van der Waals surface area (Å²) >= 11 is 4.02. The normalized spacial score (nSPS) is 10.7. The zero-order valence-corrected chi connectivity index (χ0v) is 14.7. The van der Waals surface area contributed by atoms with E-state index in [1.165, 1.54) is 34.9 Å². The first-order valence-corrected chi connectivity index (χ1v) is 9.35. The van der Waals surface area contributed by atoms with E-state index in [-0.39, 0.29) is 23.7 Å². The van der Waals surface area contributed by atoms with E-state index in [1.54, 1.807) is 0 Å². The maximum Gasteiger partial charge on any atom is 0.316 e. The van der Waals surface area contributed by atoms with Crippen molar-refractivity contribution >= 4 is 46.7 Å². The molecule has 0 saturated heterocycles. The lowest BCUT2D eigenvalue weighted by molar-refractivity contribution is -0.144. The number of esters is 1. The van der Waals surface area contributed by atoms with Gasteiger partial charge in [0.25, 0.3) is 0 Å². The summed E-state index contributed by atoms with van der Waals surface area (Å²) in [6.07, 6.45) is 0.808. The van der Waals surface area contributed by atoms with Gasteiger partial charge in [-0.25, -0.2) is 0 Å². The second-order valence-corrected chi connectivity index (χ2v) is 7.72. The highest BCUT2D eigenvalue weighted by atomic mass is 32.2. The first-order valence-electron chi connectivity index (χ1n) is 6.56. The fourth-order valence-electron chi connectivity index (χ4n) is 1.17. The molecule has 1 amide bonds. The van der Waals surface area contributed by atoms with Crippen LogP contribution < -0.4 is 5.32 Å².